The Morgan fingerprint density at radius 1 is 1.17 bits per heavy atom. The number of rotatable bonds is 1. The molecule has 6 heteroatoms. The van der Waals surface area contributed by atoms with Crippen LogP contribution in [0.25, 0.3) is 0 Å². The largest absolute Gasteiger partial charge is 0.433 e. The Hall–Kier alpha value is -0.690. The fourth-order valence-electron chi connectivity index (χ4n) is 3.06. The van der Waals surface area contributed by atoms with Crippen molar-refractivity contribution in [2.75, 3.05) is 6.61 Å². The van der Waals surface area contributed by atoms with Crippen LogP contribution in [0.4, 0.5) is 0 Å². The number of ether oxygens (including phenoxy) is 3. The number of hydrogen-bond acceptors (Lipinski definition) is 6. The first-order valence-corrected chi connectivity index (χ1v) is 6.50. The lowest BCUT2D eigenvalue weighted by Crippen LogP contribution is -2.39. The molecule has 0 radical (unpaired) electrons. The van der Waals surface area contributed by atoms with Crippen molar-refractivity contribution in [2.24, 2.45) is 5.92 Å². The monoisotopic (exact) mass is 258 g/mol. The molecule has 1 saturated carbocycles. The molecule has 3 rings (SSSR count). The fraction of sp³-hybridized carbons (Fsp3) is 0.917. The molecule has 0 aromatic rings. The number of aliphatic hydroxyl groups excluding tert-OH is 2. The van der Waals surface area contributed by atoms with Gasteiger partial charge in [-0.15, -0.1) is 0 Å². The van der Waals surface area contributed by atoms with Gasteiger partial charge in [0.1, 0.15) is 18.1 Å². The molecule has 1 spiro atoms. The predicted octanol–water partition coefficient (Wildman–Crippen LogP) is -0.0855. The van der Waals surface area contributed by atoms with Crippen LogP contribution in [0.5, 0.6) is 0 Å². The molecule has 0 amide bonds. The fourth-order valence-corrected chi connectivity index (χ4v) is 3.06. The zero-order valence-electron chi connectivity index (χ0n) is 10.1. The number of cyclic esters (lactones) is 1. The van der Waals surface area contributed by atoms with Gasteiger partial charge in [-0.2, -0.15) is 0 Å². The average Bonchev–Trinajstić information content (AvgIpc) is 2.84. The third-order valence-corrected chi connectivity index (χ3v) is 4.06. The summed E-state index contributed by atoms with van der Waals surface area (Å²) in [6, 6.07) is 0. The highest BCUT2D eigenvalue weighted by atomic mass is 16.7. The third kappa shape index (κ3) is 1.93. The molecule has 2 saturated heterocycles. The van der Waals surface area contributed by atoms with Crippen LogP contribution in [0.15, 0.2) is 0 Å². The van der Waals surface area contributed by atoms with E-state index in [4.69, 9.17) is 9.47 Å². The Morgan fingerprint density at radius 3 is 2.50 bits per heavy atom. The normalized spacial score (nSPS) is 43.3. The van der Waals surface area contributed by atoms with E-state index in [0.29, 0.717) is 0 Å². The van der Waals surface area contributed by atoms with Gasteiger partial charge in [0.05, 0.1) is 6.61 Å². The summed E-state index contributed by atoms with van der Waals surface area (Å²) in [4.78, 5) is 11.6. The molecule has 18 heavy (non-hydrogen) atoms. The summed E-state index contributed by atoms with van der Waals surface area (Å²) >= 11 is 0. The van der Waals surface area contributed by atoms with Crippen LogP contribution < -0.4 is 0 Å². The van der Waals surface area contributed by atoms with Crippen molar-refractivity contribution in [2.45, 2.75) is 56.4 Å². The number of hydrogen-bond donors (Lipinski definition) is 2. The number of aliphatic hydroxyl groups is 2. The van der Waals surface area contributed by atoms with Gasteiger partial charge >= 0.3 is 5.97 Å². The van der Waals surface area contributed by atoms with Gasteiger partial charge in [-0.1, -0.05) is 6.42 Å². The second-order valence-electron chi connectivity index (χ2n) is 5.28. The standard InChI is InChI=1S/C12H18O6/c13-9-8(10(14)17-11(9)15)7-6-16-12(18-7)4-2-1-3-5-12/h7-9,11,13,15H,1-6H2/t7-,8+,9-,11+/m0/s1. The third-order valence-electron chi connectivity index (χ3n) is 4.06. The Kier molecular flexibility index (Phi) is 3.05. The molecule has 6 nitrogen and oxygen atoms in total. The van der Waals surface area contributed by atoms with Crippen LogP contribution >= 0.6 is 0 Å². The zero-order valence-corrected chi connectivity index (χ0v) is 10.1. The van der Waals surface area contributed by atoms with Crippen molar-refractivity contribution in [3.05, 3.63) is 0 Å². The molecule has 0 bridgehead atoms. The topological polar surface area (TPSA) is 85.2 Å². The molecule has 0 unspecified atom stereocenters. The molecule has 0 aromatic carbocycles. The Labute approximate surface area is 105 Å². The van der Waals surface area contributed by atoms with Crippen LogP contribution in [0, 0.1) is 5.92 Å². The quantitative estimate of drug-likeness (QED) is 0.640. The molecule has 1 aliphatic carbocycles. The van der Waals surface area contributed by atoms with E-state index in [-0.39, 0.29) is 6.61 Å². The van der Waals surface area contributed by atoms with Crippen molar-refractivity contribution in [1.82, 2.24) is 0 Å². The second kappa shape index (κ2) is 4.45. The summed E-state index contributed by atoms with van der Waals surface area (Å²) < 4.78 is 16.2. The molecule has 0 aromatic heterocycles. The van der Waals surface area contributed by atoms with E-state index in [2.05, 4.69) is 4.74 Å². The van der Waals surface area contributed by atoms with Crippen molar-refractivity contribution in [1.29, 1.82) is 0 Å². The smallest absolute Gasteiger partial charge is 0.316 e. The molecule has 2 N–H and O–H groups in total. The molecule has 3 fully saturated rings. The van der Waals surface area contributed by atoms with E-state index in [0.717, 1.165) is 25.7 Å². The maximum absolute atomic E-state index is 11.6. The highest BCUT2D eigenvalue weighted by Gasteiger charge is 2.53. The van der Waals surface area contributed by atoms with E-state index in [1.54, 1.807) is 0 Å². The molecule has 3 aliphatic rings. The summed E-state index contributed by atoms with van der Waals surface area (Å²) in [5, 5.41) is 19.1. The van der Waals surface area contributed by atoms with E-state index >= 15 is 0 Å². The van der Waals surface area contributed by atoms with Gasteiger partial charge in [0.2, 0.25) is 6.29 Å². The van der Waals surface area contributed by atoms with Gasteiger partial charge in [0.15, 0.2) is 5.79 Å². The molecule has 102 valence electrons. The first kappa shape index (κ1) is 12.3. The van der Waals surface area contributed by atoms with E-state index < -0.39 is 36.2 Å². The number of carbonyl (C=O) groups excluding carboxylic acids is 1. The van der Waals surface area contributed by atoms with Gasteiger partial charge in [0, 0.05) is 12.8 Å². The van der Waals surface area contributed by atoms with E-state index in [1.807, 2.05) is 0 Å². The SMILES string of the molecule is O=C1O[C@@H](O)[C@@H](O)[C@H]1[C@@H]1COC2(CCCCC2)O1. The Morgan fingerprint density at radius 2 is 1.89 bits per heavy atom. The van der Waals surface area contributed by atoms with Crippen molar-refractivity contribution in [3.8, 4) is 0 Å². The lowest BCUT2D eigenvalue weighted by Gasteiger charge is -2.32. The first-order valence-electron chi connectivity index (χ1n) is 6.50. The zero-order chi connectivity index (χ0) is 12.8. The number of carbonyl (C=O) groups is 1. The molecule has 2 heterocycles. The minimum absolute atomic E-state index is 0.267. The van der Waals surface area contributed by atoms with Crippen molar-refractivity contribution in [3.63, 3.8) is 0 Å². The average molecular weight is 258 g/mol. The van der Waals surface area contributed by atoms with Crippen molar-refractivity contribution < 1.29 is 29.2 Å². The lowest BCUT2D eigenvalue weighted by atomic mass is 9.94. The lowest BCUT2D eigenvalue weighted by molar-refractivity contribution is -0.194. The van der Waals surface area contributed by atoms with Gasteiger partial charge < -0.3 is 24.4 Å². The Bertz CT molecular complexity index is 337. The second-order valence-corrected chi connectivity index (χ2v) is 5.28. The van der Waals surface area contributed by atoms with Crippen LogP contribution in [0.1, 0.15) is 32.1 Å². The van der Waals surface area contributed by atoms with Crippen LogP contribution in [0.2, 0.25) is 0 Å². The Balaban J connectivity index is 1.70. The van der Waals surface area contributed by atoms with Gasteiger partial charge in [-0.3, -0.25) is 4.79 Å². The molecule has 4 atom stereocenters. The highest BCUT2D eigenvalue weighted by molar-refractivity contribution is 5.76. The minimum Gasteiger partial charge on any atom is -0.433 e. The summed E-state index contributed by atoms with van der Waals surface area (Å²) in [6.07, 6.45) is 1.71. The predicted molar refractivity (Wildman–Crippen MR) is 58.2 cm³/mol. The van der Waals surface area contributed by atoms with E-state index in [1.165, 1.54) is 6.42 Å². The van der Waals surface area contributed by atoms with Gasteiger partial charge in [-0.25, -0.2) is 0 Å². The summed E-state index contributed by atoms with van der Waals surface area (Å²) in [5.41, 5.74) is 0. The van der Waals surface area contributed by atoms with Crippen LogP contribution in [-0.4, -0.2) is 47.1 Å². The molecular weight excluding hydrogens is 240 g/mol. The van der Waals surface area contributed by atoms with Gasteiger partial charge in [-0.05, 0) is 12.8 Å². The molecule has 2 aliphatic heterocycles. The maximum Gasteiger partial charge on any atom is 0.316 e. The van der Waals surface area contributed by atoms with Crippen molar-refractivity contribution >= 4 is 5.97 Å². The number of esters is 1. The summed E-state index contributed by atoms with van der Waals surface area (Å²) in [7, 11) is 0. The summed E-state index contributed by atoms with van der Waals surface area (Å²) in [6.45, 7) is 0.267. The summed E-state index contributed by atoms with van der Waals surface area (Å²) in [5.74, 6) is -2.05. The van der Waals surface area contributed by atoms with Crippen LogP contribution in [-0.2, 0) is 19.0 Å². The van der Waals surface area contributed by atoms with E-state index in [9.17, 15) is 15.0 Å². The molecular formula is C12H18O6. The van der Waals surface area contributed by atoms with Crippen LogP contribution in [0.3, 0.4) is 0 Å². The first-order chi connectivity index (χ1) is 8.61. The van der Waals surface area contributed by atoms with Gasteiger partial charge in [0.25, 0.3) is 0 Å². The highest BCUT2D eigenvalue weighted by Crippen LogP contribution is 2.41. The minimum atomic E-state index is -1.45. The maximum atomic E-state index is 11.6.